The fourth-order valence-electron chi connectivity index (χ4n) is 2.39. The first-order chi connectivity index (χ1) is 9.68. The second-order valence-corrected chi connectivity index (χ2v) is 7.84. The summed E-state index contributed by atoms with van der Waals surface area (Å²) in [4.78, 5) is 0.920. The van der Waals surface area contributed by atoms with Gasteiger partial charge in [0.1, 0.15) is 11.5 Å². The number of aryl methyl sites for hydroxylation is 1. The van der Waals surface area contributed by atoms with E-state index < -0.39 is 7.42 Å². The van der Waals surface area contributed by atoms with Crippen molar-refractivity contribution in [2.75, 3.05) is 15.9 Å². The summed E-state index contributed by atoms with van der Waals surface area (Å²) >= 11 is 11.4. The SMILES string of the molecule is Cc1ccccc1N1CC(=S)N(c2ccccc2)[PH+]1[S-]. The number of rotatable bonds is 2. The van der Waals surface area contributed by atoms with Gasteiger partial charge in [-0.05, 0) is 30.7 Å². The van der Waals surface area contributed by atoms with Crippen LogP contribution in [0.2, 0.25) is 0 Å². The first-order valence-electron chi connectivity index (χ1n) is 6.43. The molecule has 1 unspecified atom stereocenters. The first kappa shape index (κ1) is 13.9. The molecular weight excluding hydrogens is 303 g/mol. The molecule has 20 heavy (non-hydrogen) atoms. The molecule has 2 aromatic carbocycles. The van der Waals surface area contributed by atoms with Gasteiger partial charge >= 0.3 is 0 Å². The van der Waals surface area contributed by atoms with Crippen molar-refractivity contribution in [1.82, 2.24) is 0 Å². The second kappa shape index (κ2) is 5.72. The van der Waals surface area contributed by atoms with Crippen LogP contribution in [0.5, 0.6) is 0 Å². The van der Waals surface area contributed by atoms with Crippen molar-refractivity contribution in [3.05, 3.63) is 60.2 Å². The number of thiocarbonyl (C=S) groups is 1. The highest BCUT2D eigenvalue weighted by atomic mass is 32.7. The van der Waals surface area contributed by atoms with Crippen LogP contribution in [0.4, 0.5) is 11.4 Å². The van der Waals surface area contributed by atoms with Gasteiger partial charge in [-0.3, -0.25) is 0 Å². The Kier molecular flexibility index (Phi) is 3.97. The Morgan fingerprint density at radius 1 is 1.05 bits per heavy atom. The minimum absolute atomic E-state index is 0.743. The molecule has 0 spiro atoms. The van der Waals surface area contributed by atoms with Crippen molar-refractivity contribution in [2.45, 2.75) is 6.92 Å². The molecule has 0 aliphatic carbocycles. The maximum absolute atomic E-state index is 5.81. The predicted molar refractivity (Wildman–Crippen MR) is 95.7 cm³/mol. The van der Waals surface area contributed by atoms with Crippen LogP contribution in [0.15, 0.2) is 54.6 Å². The molecule has 2 nitrogen and oxygen atoms in total. The van der Waals surface area contributed by atoms with Crippen molar-refractivity contribution in [3.8, 4) is 0 Å². The molecular formula is C15H15N2PS2. The van der Waals surface area contributed by atoms with Crippen LogP contribution < -0.4 is 9.34 Å². The van der Waals surface area contributed by atoms with Crippen LogP contribution in [0.1, 0.15) is 5.56 Å². The molecule has 1 atom stereocenters. The van der Waals surface area contributed by atoms with E-state index in [4.69, 9.17) is 24.5 Å². The second-order valence-electron chi connectivity index (χ2n) is 4.72. The highest BCUT2D eigenvalue weighted by Gasteiger charge is 2.36. The maximum atomic E-state index is 5.81. The van der Waals surface area contributed by atoms with Gasteiger partial charge in [0, 0.05) is 0 Å². The van der Waals surface area contributed by atoms with Crippen LogP contribution >= 0.6 is 19.6 Å². The van der Waals surface area contributed by atoms with Crippen LogP contribution in [0, 0.1) is 6.92 Å². The molecule has 1 heterocycles. The number of anilines is 2. The van der Waals surface area contributed by atoms with E-state index in [2.05, 4.69) is 52.7 Å². The van der Waals surface area contributed by atoms with Crippen molar-refractivity contribution in [3.63, 3.8) is 0 Å². The van der Waals surface area contributed by atoms with Crippen molar-refractivity contribution in [2.24, 2.45) is 0 Å². The summed E-state index contributed by atoms with van der Waals surface area (Å²) < 4.78 is 4.44. The summed E-state index contributed by atoms with van der Waals surface area (Å²) in [6.45, 7) is 2.86. The van der Waals surface area contributed by atoms with Gasteiger partial charge in [-0.1, -0.05) is 48.6 Å². The molecule has 5 heteroatoms. The Morgan fingerprint density at radius 3 is 2.40 bits per heavy atom. The van der Waals surface area contributed by atoms with Gasteiger partial charge < -0.3 is 12.2 Å². The normalized spacial score (nSPS) is 18.7. The van der Waals surface area contributed by atoms with E-state index in [1.165, 1.54) is 11.3 Å². The zero-order chi connectivity index (χ0) is 14.1. The Morgan fingerprint density at radius 2 is 1.70 bits per heavy atom. The van der Waals surface area contributed by atoms with Crippen LogP contribution in [0.25, 0.3) is 0 Å². The monoisotopic (exact) mass is 318 g/mol. The largest absolute Gasteiger partial charge is 0.509 e. The summed E-state index contributed by atoms with van der Waals surface area (Å²) in [5.41, 5.74) is 3.56. The third kappa shape index (κ3) is 2.44. The summed E-state index contributed by atoms with van der Waals surface area (Å²) in [6, 6.07) is 18.6. The highest BCUT2D eigenvalue weighted by Crippen LogP contribution is 2.52. The molecule has 1 saturated heterocycles. The van der Waals surface area contributed by atoms with Gasteiger partial charge in [0.05, 0.1) is 18.8 Å². The maximum Gasteiger partial charge on any atom is 0.142 e. The number of hydrogen-bond acceptors (Lipinski definition) is 3. The molecule has 1 aliphatic rings. The van der Waals surface area contributed by atoms with Crippen molar-refractivity contribution >= 4 is 48.3 Å². The standard InChI is InChI=1S/C15H15N2PS2/c1-12-7-5-6-10-14(12)16-11-15(19)17(18(16)20)13-8-3-2-4-9-13/h2-10,18H,11H2,1H3. The minimum Gasteiger partial charge on any atom is -0.509 e. The third-order valence-electron chi connectivity index (χ3n) is 3.39. The Labute approximate surface area is 131 Å². The number of nitrogens with zero attached hydrogens (tertiary/aromatic N) is 2. The minimum atomic E-state index is -1.30. The molecule has 0 N–H and O–H groups in total. The van der Waals surface area contributed by atoms with E-state index in [0.717, 1.165) is 17.2 Å². The number of hydrogen-bond donors (Lipinski definition) is 0. The van der Waals surface area contributed by atoms with Crippen molar-refractivity contribution in [1.29, 1.82) is 0 Å². The molecule has 3 rings (SSSR count). The molecule has 0 amide bonds. The average Bonchev–Trinajstić information content (AvgIpc) is 2.75. The zero-order valence-electron chi connectivity index (χ0n) is 11.1. The fourth-order valence-corrected chi connectivity index (χ4v) is 5.94. The summed E-state index contributed by atoms with van der Waals surface area (Å²) in [7, 11) is -1.30. The lowest BCUT2D eigenvalue weighted by atomic mass is 10.2. The lowest BCUT2D eigenvalue weighted by molar-refractivity contribution is 1.25. The zero-order valence-corrected chi connectivity index (χ0v) is 13.7. The quantitative estimate of drug-likeness (QED) is 0.466. The molecule has 0 saturated carbocycles. The predicted octanol–water partition coefficient (Wildman–Crippen LogP) is 4.16. The molecule has 0 aromatic heterocycles. The number of para-hydroxylation sites is 2. The van der Waals surface area contributed by atoms with E-state index in [0.29, 0.717) is 0 Å². The van der Waals surface area contributed by atoms with E-state index in [1.807, 2.05) is 18.2 Å². The Hall–Kier alpha value is -1.09. The van der Waals surface area contributed by atoms with E-state index >= 15 is 0 Å². The topological polar surface area (TPSA) is 6.48 Å². The van der Waals surface area contributed by atoms with Gasteiger partial charge in [-0.15, -0.1) is 0 Å². The van der Waals surface area contributed by atoms with Crippen LogP contribution in [0.3, 0.4) is 0 Å². The van der Waals surface area contributed by atoms with E-state index in [9.17, 15) is 0 Å². The van der Waals surface area contributed by atoms with E-state index in [1.54, 1.807) is 0 Å². The molecule has 1 fully saturated rings. The fraction of sp³-hybridized carbons (Fsp3) is 0.133. The Bertz CT molecular complexity index is 633. The number of benzene rings is 2. The molecule has 102 valence electrons. The van der Waals surface area contributed by atoms with Gasteiger partial charge in [0.2, 0.25) is 0 Å². The summed E-state index contributed by atoms with van der Waals surface area (Å²) in [5, 5.41) is 0. The first-order valence-corrected chi connectivity index (χ1v) is 9.37. The van der Waals surface area contributed by atoms with Gasteiger partial charge in [0.25, 0.3) is 0 Å². The van der Waals surface area contributed by atoms with Crippen LogP contribution in [-0.2, 0) is 12.2 Å². The van der Waals surface area contributed by atoms with Gasteiger partial charge in [0.15, 0.2) is 0 Å². The lowest BCUT2D eigenvalue weighted by Crippen LogP contribution is -2.18. The Balaban J connectivity index is 1.95. The van der Waals surface area contributed by atoms with Crippen LogP contribution in [-0.4, -0.2) is 11.5 Å². The highest BCUT2D eigenvalue weighted by molar-refractivity contribution is 8.35. The summed E-state index contributed by atoms with van der Waals surface area (Å²) in [6.07, 6.45) is 0. The van der Waals surface area contributed by atoms with Gasteiger partial charge in [-0.25, -0.2) is 9.34 Å². The molecule has 2 aromatic rings. The lowest BCUT2D eigenvalue weighted by Gasteiger charge is -2.28. The van der Waals surface area contributed by atoms with E-state index in [-0.39, 0.29) is 0 Å². The molecule has 1 aliphatic heterocycles. The van der Waals surface area contributed by atoms with Gasteiger partial charge in [-0.2, -0.15) is 0 Å². The third-order valence-corrected chi connectivity index (χ3v) is 6.84. The smallest absolute Gasteiger partial charge is 0.142 e. The summed E-state index contributed by atoms with van der Waals surface area (Å²) in [5.74, 6) is 0. The van der Waals surface area contributed by atoms with Crippen molar-refractivity contribution < 1.29 is 0 Å². The molecule has 0 bridgehead atoms. The molecule has 0 radical (unpaired) electrons. The average molecular weight is 318 g/mol.